The Kier molecular flexibility index (Phi) is 5.77. The van der Waals surface area contributed by atoms with Gasteiger partial charge >= 0.3 is 6.18 Å². The first kappa shape index (κ1) is 24.0. The molecule has 1 N–H and O–H groups in total. The summed E-state index contributed by atoms with van der Waals surface area (Å²) in [6.45, 7) is 1.12. The summed E-state index contributed by atoms with van der Waals surface area (Å²) in [6.07, 6.45) is -1.79. The summed E-state index contributed by atoms with van der Waals surface area (Å²) < 4.78 is 61.6. The molecule has 0 unspecified atom stereocenters. The van der Waals surface area contributed by atoms with Gasteiger partial charge in [-0.3, -0.25) is 4.79 Å². The molecule has 0 spiro atoms. The molecule has 1 amide bonds. The van der Waals surface area contributed by atoms with Crippen LogP contribution in [0.2, 0.25) is 0 Å². The first-order valence-electron chi connectivity index (χ1n) is 12.0. The van der Waals surface area contributed by atoms with E-state index in [0.717, 1.165) is 48.4 Å². The first-order chi connectivity index (χ1) is 18.3. The molecule has 5 aromatic rings. The highest BCUT2D eigenvalue weighted by Gasteiger charge is 2.30. The maximum Gasteiger partial charge on any atom is 0.417 e. The van der Waals surface area contributed by atoms with Gasteiger partial charge in [-0.05, 0) is 55.0 Å². The van der Waals surface area contributed by atoms with Crippen molar-refractivity contribution in [2.75, 3.05) is 11.9 Å². The maximum absolute atomic E-state index is 13.9. The molecule has 0 fully saturated rings. The van der Waals surface area contributed by atoms with Crippen LogP contribution in [0.3, 0.4) is 0 Å². The Bertz CT molecular complexity index is 1670. The summed E-state index contributed by atoms with van der Waals surface area (Å²) in [4.78, 5) is 21.7. The van der Waals surface area contributed by atoms with Crippen molar-refractivity contribution in [1.29, 1.82) is 0 Å². The number of anilines is 1. The number of carbonyl (C=O) groups is 1. The molecule has 3 aromatic heterocycles. The molecule has 38 heavy (non-hydrogen) atoms. The second-order valence-corrected chi connectivity index (χ2v) is 9.06. The zero-order valence-corrected chi connectivity index (χ0v) is 19.9. The normalized spacial score (nSPS) is 13.3. The van der Waals surface area contributed by atoms with Crippen molar-refractivity contribution in [3.05, 3.63) is 83.7 Å². The number of nitrogens with zero attached hydrogens (tertiary/aromatic N) is 4. The van der Waals surface area contributed by atoms with Crippen molar-refractivity contribution in [1.82, 2.24) is 19.1 Å². The molecule has 0 saturated carbocycles. The fourth-order valence-electron chi connectivity index (χ4n) is 4.83. The first-order valence-corrected chi connectivity index (χ1v) is 12.0. The van der Waals surface area contributed by atoms with E-state index in [1.165, 1.54) is 12.1 Å². The van der Waals surface area contributed by atoms with Crippen LogP contribution < -0.4 is 10.1 Å². The van der Waals surface area contributed by atoms with E-state index in [4.69, 9.17) is 4.74 Å². The largest absolute Gasteiger partial charge is 0.476 e. The van der Waals surface area contributed by atoms with E-state index >= 15 is 0 Å². The number of ether oxygens (including phenoxy) is 1. The van der Waals surface area contributed by atoms with E-state index in [9.17, 15) is 22.4 Å². The number of fused-ring (bicyclic) bond motifs is 4. The summed E-state index contributed by atoms with van der Waals surface area (Å²) in [5.74, 6) is 0.213. The van der Waals surface area contributed by atoms with Crippen molar-refractivity contribution in [3.63, 3.8) is 0 Å². The van der Waals surface area contributed by atoms with E-state index in [2.05, 4.69) is 19.9 Å². The summed E-state index contributed by atoms with van der Waals surface area (Å²) in [7, 11) is 0. The highest BCUT2D eigenvalue weighted by molar-refractivity contribution is 6.07. The Labute approximate surface area is 213 Å². The maximum atomic E-state index is 13.9. The third-order valence-corrected chi connectivity index (χ3v) is 6.59. The van der Waals surface area contributed by atoms with Crippen LogP contribution in [0.15, 0.2) is 60.8 Å². The molecule has 11 heteroatoms. The second kappa shape index (κ2) is 9.16. The van der Waals surface area contributed by atoms with E-state index in [1.807, 2.05) is 18.2 Å². The Morgan fingerprint density at radius 2 is 1.89 bits per heavy atom. The molecule has 1 aliphatic heterocycles. The minimum Gasteiger partial charge on any atom is -0.476 e. The molecule has 6 rings (SSSR count). The highest BCUT2D eigenvalue weighted by Crippen LogP contribution is 2.29. The lowest BCUT2D eigenvalue weighted by molar-refractivity contribution is -0.137. The number of alkyl halides is 3. The van der Waals surface area contributed by atoms with Gasteiger partial charge in [0.2, 0.25) is 5.88 Å². The van der Waals surface area contributed by atoms with E-state index < -0.39 is 23.5 Å². The van der Waals surface area contributed by atoms with Crippen LogP contribution in [0, 0.1) is 5.82 Å². The molecule has 2 aromatic carbocycles. The van der Waals surface area contributed by atoms with Crippen LogP contribution in [0.5, 0.6) is 5.88 Å². The molecule has 0 radical (unpaired) electrons. The smallest absolute Gasteiger partial charge is 0.417 e. The third-order valence-electron chi connectivity index (χ3n) is 6.59. The van der Waals surface area contributed by atoms with Gasteiger partial charge in [-0.1, -0.05) is 0 Å². The lowest BCUT2D eigenvalue weighted by Crippen LogP contribution is -2.19. The topological polar surface area (TPSA) is 74.0 Å². The predicted molar refractivity (Wildman–Crippen MR) is 133 cm³/mol. The number of amides is 1. The number of benzene rings is 2. The van der Waals surface area contributed by atoms with Gasteiger partial charge in [0.15, 0.2) is 0 Å². The third kappa shape index (κ3) is 4.44. The molecular formula is C27H21F4N5O2. The molecular weight excluding hydrogens is 502 g/mol. The molecule has 7 nitrogen and oxygen atoms in total. The lowest BCUT2D eigenvalue weighted by atomic mass is 10.2. The van der Waals surface area contributed by atoms with Gasteiger partial charge in [0.1, 0.15) is 23.9 Å². The minimum absolute atomic E-state index is 0.0198. The van der Waals surface area contributed by atoms with E-state index in [-0.39, 0.29) is 24.7 Å². The number of nitrogens with one attached hydrogen (secondary N) is 1. The number of pyridine rings is 1. The quantitative estimate of drug-likeness (QED) is 0.285. The Morgan fingerprint density at radius 3 is 2.68 bits per heavy atom. The minimum atomic E-state index is -4.49. The van der Waals surface area contributed by atoms with Gasteiger partial charge in [-0.25, -0.2) is 14.4 Å². The van der Waals surface area contributed by atoms with Gasteiger partial charge < -0.3 is 19.2 Å². The van der Waals surface area contributed by atoms with Gasteiger partial charge in [-0.2, -0.15) is 13.2 Å². The molecule has 0 atom stereocenters. The van der Waals surface area contributed by atoms with E-state index in [1.54, 1.807) is 16.7 Å². The highest BCUT2D eigenvalue weighted by atomic mass is 19.4. The van der Waals surface area contributed by atoms with Gasteiger partial charge in [0.25, 0.3) is 5.91 Å². The molecule has 1 aliphatic rings. The SMILES string of the molecule is O=C(Nc1ccc2c(c1)nc1n2CCC1)c1cc2cc(F)ccc2n1CCOc1ccc(C(F)(F)F)cn1. The monoisotopic (exact) mass is 523 g/mol. The molecule has 0 aliphatic carbocycles. The Hall–Kier alpha value is -4.41. The van der Waals surface area contributed by atoms with Crippen LogP contribution in [-0.4, -0.2) is 31.6 Å². The number of hydrogen-bond acceptors (Lipinski definition) is 4. The summed E-state index contributed by atoms with van der Waals surface area (Å²) in [5.41, 5.74) is 2.42. The van der Waals surface area contributed by atoms with Crippen molar-refractivity contribution in [3.8, 4) is 5.88 Å². The number of carbonyl (C=O) groups excluding carboxylic acids is 1. The van der Waals surface area contributed by atoms with Crippen molar-refractivity contribution >= 4 is 33.5 Å². The zero-order valence-electron chi connectivity index (χ0n) is 19.9. The summed E-state index contributed by atoms with van der Waals surface area (Å²) in [5, 5.41) is 3.43. The molecule has 194 valence electrons. The number of imidazole rings is 1. The van der Waals surface area contributed by atoms with Crippen molar-refractivity contribution < 1.29 is 27.1 Å². The van der Waals surface area contributed by atoms with Crippen LogP contribution in [0.4, 0.5) is 23.2 Å². The predicted octanol–water partition coefficient (Wildman–Crippen LogP) is 5.82. The van der Waals surface area contributed by atoms with Gasteiger partial charge in [0, 0.05) is 41.8 Å². The van der Waals surface area contributed by atoms with E-state index in [0.29, 0.717) is 22.8 Å². The van der Waals surface area contributed by atoms with Crippen LogP contribution in [-0.2, 0) is 25.7 Å². The fourth-order valence-corrected chi connectivity index (χ4v) is 4.83. The lowest BCUT2D eigenvalue weighted by Gasteiger charge is -2.13. The molecule has 0 bridgehead atoms. The van der Waals surface area contributed by atoms with Crippen LogP contribution in [0.25, 0.3) is 21.9 Å². The van der Waals surface area contributed by atoms with Crippen LogP contribution >= 0.6 is 0 Å². The van der Waals surface area contributed by atoms with Gasteiger partial charge in [0.05, 0.1) is 23.1 Å². The average Bonchev–Trinajstić information content (AvgIpc) is 3.56. The average molecular weight is 523 g/mol. The molecule has 0 saturated heterocycles. The summed E-state index contributed by atoms with van der Waals surface area (Å²) >= 11 is 0. The van der Waals surface area contributed by atoms with Gasteiger partial charge in [-0.15, -0.1) is 0 Å². The number of hydrogen-bond donors (Lipinski definition) is 1. The second-order valence-electron chi connectivity index (χ2n) is 9.06. The van der Waals surface area contributed by atoms with Crippen molar-refractivity contribution in [2.24, 2.45) is 0 Å². The number of rotatable bonds is 6. The fraction of sp³-hybridized carbons (Fsp3) is 0.222. The zero-order chi connectivity index (χ0) is 26.4. The van der Waals surface area contributed by atoms with Crippen molar-refractivity contribution in [2.45, 2.75) is 32.1 Å². The molecule has 4 heterocycles. The summed E-state index contributed by atoms with van der Waals surface area (Å²) in [6, 6.07) is 13.4. The van der Waals surface area contributed by atoms with Crippen LogP contribution in [0.1, 0.15) is 28.3 Å². The Morgan fingerprint density at radius 1 is 1.05 bits per heavy atom. The number of aryl methyl sites for hydroxylation is 2. The Balaban J connectivity index is 1.23. The number of aromatic nitrogens is 4. The number of halogens is 4. The standard InChI is InChI=1S/C27H21F4N5O2/c28-18-4-6-21-16(12-18)13-23(35(21)10-11-38-25-8-3-17(15-32-25)27(29,30)31)26(37)33-19-5-7-22-20(14-19)34-24-2-1-9-36(22)24/h3-8,12-15H,1-2,9-11H2,(H,33,37).